The number of aliphatic hydroxyl groups is 2. The summed E-state index contributed by atoms with van der Waals surface area (Å²) in [6.07, 6.45) is 1.41. The van der Waals surface area contributed by atoms with Gasteiger partial charge in [0.15, 0.2) is 0 Å². The van der Waals surface area contributed by atoms with Gasteiger partial charge in [-0.2, -0.15) is 8.42 Å². The van der Waals surface area contributed by atoms with E-state index in [-0.39, 0.29) is 13.2 Å². The molecule has 0 heterocycles. The van der Waals surface area contributed by atoms with Gasteiger partial charge in [-0.3, -0.25) is 9.11 Å². The zero-order chi connectivity index (χ0) is 11.6. The van der Waals surface area contributed by atoms with Crippen molar-refractivity contribution in [2.75, 3.05) is 19.8 Å². The van der Waals surface area contributed by atoms with Gasteiger partial charge in [-0.25, -0.2) is 0 Å². The first-order valence-electron chi connectivity index (χ1n) is 3.96. The van der Waals surface area contributed by atoms with Gasteiger partial charge < -0.3 is 15.9 Å². The molecule has 0 aliphatic rings. The summed E-state index contributed by atoms with van der Waals surface area (Å²) >= 11 is 0. The first-order chi connectivity index (χ1) is 6.35. The molecule has 0 aromatic rings. The molecule has 88 valence electrons. The van der Waals surface area contributed by atoms with Gasteiger partial charge in [0.05, 0.1) is 0 Å². The van der Waals surface area contributed by atoms with Crippen molar-refractivity contribution in [1.29, 1.82) is 0 Å². The van der Waals surface area contributed by atoms with Gasteiger partial charge in [0.1, 0.15) is 0 Å². The fraction of sp³-hybridized carbons (Fsp3) is 1.00. The Kier molecular flexibility index (Phi) is 10.8. The molecule has 0 aliphatic heterocycles. The van der Waals surface area contributed by atoms with Crippen molar-refractivity contribution in [1.82, 2.24) is 0 Å². The third-order valence-corrected chi connectivity index (χ3v) is 1.41. The van der Waals surface area contributed by atoms with Crippen LogP contribution >= 0.6 is 0 Å². The van der Waals surface area contributed by atoms with Crippen LogP contribution in [0.4, 0.5) is 0 Å². The van der Waals surface area contributed by atoms with Gasteiger partial charge in [0, 0.05) is 13.2 Å². The van der Waals surface area contributed by atoms with Gasteiger partial charge in [-0.1, -0.05) is 0 Å². The molecule has 14 heavy (non-hydrogen) atoms. The topological polar surface area (TPSA) is 141 Å². The highest BCUT2D eigenvalue weighted by Crippen LogP contribution is 2.03. The van der Waals surface area contributed by atoms with Crippen LogP contribution in [0.1, 0.15) is 12.8 Å². The van der Waals surface area contributed by atoms with E-state index < -0.39 is 10.4 Å². The molecule has 0 fully saturated rings. The van der Waals surface area contributed by atoms with Crippen molar-refractivity contribution < 1.29 is 27.7 Å². The van der Waals surface area contributed by atoms with Gasteiger partial charge >= 0.3 is 10.4 Å². The Hall–Kier alpha value is -0.250. The van der Waals surface area contributed by atoms with E-state index in [1.54, 1.807) is 0 Å². The van der Waals surface area contributed by atoms with Crippen LogP contribution in [0.25, 0.3) is 0 Å². The average Bonchev–Trinajstić information content (AvgIpc) is 2.01. The van der Waals surface area contributed by atoms with E-state index >= 15 is 0 Å². The molecule has 0 spiro atoms. The molecule has 8 heteroatoms. The van der Waals surface area contributed by atoms with E-state index in [4.69, 9.17) is 33.5 Å². The summed E-state index contributed by atoms with van der Waals surface area (Å²) in [4.78, 5) is 0. The summed E-state index contributed by atoms with van der Waals surface area (Å²) in [5.74, 6) is 0.292. The number of aliphatic hydroxyl groups excluding tert-OH is 2. The Bertz CT molecular complexity index is 190. The van der Waals surface area contributed by atoms with E-state index in [1.807, 2.05) is 0 Å². The van der Waals surface area contributed by atoms with Gasteiger partial charge in [0.25, 0.3) is 0 Å². The molecule has 0 saturated carbocycles. The molecule has 0 atom stereocenters. The van der Waals surface area contributed by atoms with Crippen LogP contribution in [0, 0.1) is 5.92 Å². The highest BCUT2D eigenvalue weighted by molar-refractivity contribution is 7.79. The van der Waals surface area contributed by atoms with Crippen molar-refractivity contribution in [2.45, 2.75) is 12.8 Å². The van der Waals surface area contributed by atoms with E-state index in [2.05, 4.69) is 0 Å². The molecule has 0 radical (unpaired) electrons. The summed E-state index contributed by atoms with van der Waals surface area (Å²) in [6, 6.07) is 0. The lowest BCUT2D eigenvalue weighted by Gasteiger charge is -2.09. The SMILES string of the molecule is NCC(CCO)CCO.O=S(=O)(O)O. The maximum atomic E-state index is 8.74. The van der Waals surface area contributed by atoms with Crippen LogP contribution in [0.5, 0.6) is 0 Å². The summed E-state index contributed by atoms with van der Waals surface area (Å²) in [5.41, 5.74) is 5.32. The van der Waals surface area contributed by atoms with E-state index in [9.17, 15) is 0 Å². The normalized spacial score (nSPS) is 11.0. The van der Waals surface area contributed by atoms with Crippen LogP contribution in [-0.2, 0) is 10.4 Å². The number of hydrogen-bond donors (Lipinski definition) is 5. The highest BCUT2D eigenvalue weighted by atomic mass is 32.3. The lowest BCUT2D eigenvalue weighted by atomic mass is 10.0. The molecular weight excluding hydrogens is 214 g/mol. The second-order valence-corrected chi connectivity index (χ2v) is 3.47. The molecule has 0 unspecified atom stereocenters. The minimum Gasteiger partial charge on any atom is -0.396 e. The zero-order valence-corrected chi connectivity index (χ0v) is 8.52. The summed E-state index contributed by atoms with van der Waals surface area (Å²) in [7, 11) is -4.67. The van der Waals surface area contributed by atoms with Crippen LogP contribution in [0.15, 0.2) is 0 Å². The zero-order valence-electron chi connectivity index (χ0n) is 7.70. The molecule has 0 aromatic carbocycles. The second kappa shape index (κ2) is 9.31. The minimum absolute atomic E-state index is 0.169. The Morgan fingerprint density at radius 2 is 1.36 bits per heavy atom. The average molecular weight is 231 g/mol. The van der Waals surface area contributed by atoms with Gasteiger partial charge in [-0.15, -0.1) is 0 Å². The molecule has 7 nitrogen and oxygen atoms in total. The third kappa shape index (κ3) is 22.6. The first-order valence-corrected chi connectivity index (χ1v) is 5.36. The number of nitrogens with two attached hydrogens (primary N) is 1. The van der Waals surface area contributed by atoms with Crippen LogP contribution in [-0.4, -0.2) is 47.5 Å². The fourth-order valence-corrected chi connectivity index (χ4v) is 0.745. The standard InChI is InChI=1S/C6H15NO2.H2O4S/c7-5-6(1-3-8)2-4-9;1-5(2,3)4/h6,8-9H,1-5,7H2;(H2,1,2,3,4). The van der Waals surface area contributed by atoms with Gasteiger partial charge in [0.2, 0.25) is 0 Å². The lowest BCUT2D eigenvalue weighted by molar-refractivity contribution is 0.218. The lowest BCUT2D eigenvalue weighted by Crippen LogP contribution is -2.16. The second-order valence-electron chi connectivity index (χ2n) is 2.57. The Balaban J connectivity index is 0. The van der Waals surface area contributed by atoms with Gasteiger partial charge in [-0.05, 0) is 25.3 Å². The number of hydrogen-bond acceptors (Lipinski definition) is 5. The molecule has 0 rings (SSSR count). The van der Waals surface area contributed by atoms with Crippen LogP contribution < -0.4 is 5.73 Å². The maximum Gasteiger partial charge on any atom is 0.394 e. The third-order valence-electron chi connectivity index (χ3n) is 1.41. The fourth-order valence-electron chi connectivity index (χ4n) is 0.745. The summed E-state index contributed by atoms with van der Waals surface area (Å²) in [5, 5.41) is 16.9. The summed E-state index contributed by atoms with van der Waals surface area (Å²) in [6.45, 7) is 0.894. The van der Waals surface area contributed by atoms with Crippen molar-refractivity contribution in [3.63, 3.8) is 0 Å². The molecule has 0 amide bonds. The predicted octanol–water partition coefficient (Wildman–Crippen LogP) is -1.33. The minimum atomic E-state index is -4.67. The first kappa shape index (κ1) is 16.2. The monoisotopic (exact) mass is 231 g/mol. The highest BCUT2D eigenvalue weighted by Gasteiger charge is 2.03. The molecule has 6 N–H and O–H groups in total. The molecule has 0 aliphatic carbocycles. The largest absolute Gasteiger partial charge is 0.396 e. The van der Waals surface area contributed by atoms with E-state index in [1.165, 1.54) is 0 Å². The molecule has 0 bridgehead atoms. The molecule has 0 saturated heterocycles. The Morgan fingerprint density at radius 3 is 1.50 bits per heavy atom. The number of rotatable bonds is 5. The maximum absolute atomic E-state index is 8.74. The Morgan fingerprint density at radius 1 is 1.07 bits per heavy atom. The van der Waals surface area contributed by atoms with E-state index in [0.717, 1.165) is 0 Å². The smallest absolute Gasteiger partial charge is 0.394 e. The van der Waals surface area contributed by atoms with Crippen molar-refractivity contribution in [3.05, 3.63) is 0 Å². The van der Waals surface area contributed by atoms with Crippen molar-refractivity contribution >= 4 is 10.4 Å². The molecule has 0 aromatic heterocycles. The van der Waals surface area contributed by atoms with Crippen molar-refractivity contribution in [2.24, 2.45) is 11.7 Å². The van der Waals surface area contributed by atoms with Crippen molar-refractivity contribution in [3.8, 4) is 0 Å². The summed E-state index contributed by atoms with van der Waals surface area (Å²) < 4.78 is 31.6. The predicted molar refractivity (Wildman–Crippen MR) is 50.1 cm³/mol. The molecular formula is C6H17NO6S. The van der Waals surface area contributed by atoms with Crippen LogP contribution in [0.2, 0.25) is 0 Å². The van der Waals surface area contributed by atoms with Crippen LogP contribution in [0.3, 0.4) is 0 Å². The van der Waals surface area contributed by atoms with E-state index in [0.29, 0.717) is 25.3 Å². The Labute approximate surface area is 83.1 Å². The quantitative estimate of drug-likeness (QED) is 0.369.